The lowest BCUT2D eigenvalue weighted by atomic mass is 10.3. The summed E-state index contributed by atoms with van der Waals surface area (Å²) in [5.74, 6) is 0. The number of alkyl halides is 6. The van der Waals surface area contributed by atoms with E-state index in [1.54, 1.807) is 0 Å². The largest absolute Gasteiger partial charge is 0.484 e. The third-order valence-corrected chi connectivity index (χ3v) is 8.07. The molecule has 0 bridgehead atoms. The zero-order chi connectivity index (χ0) is 23.6. The molecule has 3 aromatic rings. The van der Waals surface area contributed by atoms with E-state index in [0.717, 1.165) is 36.4 Å². The zero-order valence-corrected chi connectivity index (χ0v) is 17.5. The summed E-state index contributed by atoms with van der Waals surface area (Å²) in [5.41, 5.74) is -12.2. The first-order chi connectivity index (χ1) is 14.9. The quantitative estimate of drug-likeness (QED) is 0.367. The minimum absolute atomic E-state index is 0.679. The van der Waals surface area contributed by atoms with Gasteiger partial charge in [-0.1, -0.05) is 48.5 Å². The van der Waals surface area contributed by atoms with Crippen LogP contribution in [0.15, 0.2) is 103 Å². The predicted molar refractivity (Wildman–Crippen MR) is 108 cm³/mol. The first-order valence-corrected chi connectivity index (χ1v) is 11.8. The fourth-order valence-electron chi connectivity index (χ4n) is 2.58. The highest BCUT2D eigenvalue weighted by molar-refractivity contribution is 7.95. The molecule has 2 atom stereocenters. The molecule has 0 N–H and O–H groups in total. The van der Waals surface area contributed by atoms with E-state index in [9.17, 15) is 34.8 Å². The Morgan fingerprint density at radius 2 is 0.781 bits per heavy atom. The van der Waals surface area contributed by atoms with Crippen molar-refractivity contribution in [2.24, 2.45) is 8.73 Å². The van der Waals surface area contributed by atoms with Gasteiger partial charge >= 0.3 is 11.0 Å². The van der Waals surface area contributed by atoms with Gasteiger partial charge in [-0.15, -0.1) is 0 Å². The molecule has 0 saturated carbocycles. The molecule has 4 nitrogen and oxygen atoms in total. The molecule has 0 radical (unpaired) electrons. The second-order valence-corrected chi connectivity index (χ2v) is 10.6. The van der Waals surface area contributed by atoms with Crippen LogP contribution < -0.4 is 0 Å². The van der Waals surface area contributed by atoms with Crippen LogP contribution in [0, 0.1) is 0 Å². The molecule has 3 aromatic carbocycles. The standard InChI is InChI=1S/C20H14F6N2O2S2/c21-19(22,23)31(29,15-9-3-1-4-10-15)27-17-13-7-8-14-18(17)28-32(30,20(24,25)26)16-11-5-2-6-12-16/h1-14H. The molecule has 0 aromatic heterocycles. The number of hydrogen-bond donors (Lipinski definition) is 0. The average molecular weight is 492 g/mol. The SMILES string of the molecule is O=S(=Nc1ccccc1N=S(=O)(c1ccccc1)C(F)(F)F)(c1ccccc1)C(F)(F)F. The predicted octanol–water partition coefficient (Wildman–Crippen LogP) is 7.04. The van der Waals surface area contributed by atoms with Crippen molar-refractivity contribution in [2.45, 2.75) is 20.8 Å². The van der Waals surface area contributed by atoms with Crippen LogP contribution in [0.4, 0.5) is 37.7 Å². The van der Waals surface area contributed by atoms with Gasteiger partial charge in [-0.3, -0.25) is 0 Å². The summed E-state index contributed by atoms with van der Waals surface area (Å²) in [7, 11) is -10.2. The van der Waals surface area contributed by atoms with Gasteiger partial charge in [-0.05, 0) is 36.4 Å². The van der Waals surface area contributed by atoms with Crippen LogP contribution in [0.2, 0.25) is 0 Å². The van der Waals surface area contributed by atoms with Crippen molar-refractivity contribution in [3.8, 4) is 0 Å². The molecule has 0 heterocycles. The van der Waals surface area contributed by atoms with Crippen LogP contribution in [0.3, 0.4) is 0 Å². The molecule has 0 fully saturated rings. The topological polar surface area (TPSA) is 58.9 Å². The molecule has 170 valence electrons. The van der Waals surface area contributed by atoms with Gasteiger partial charge < -0.3 is 0 Å². The Bertz CT molecular complexity index is 1230. The molecule has 0 aliphatic heterocycles. The van der Waals surface area contributed by atoms with Gasteiger partial charge in [0.2, 0.25) is 0 Å². The van der Waals surface area contributed by atoms with E-state index in [0.29, 0.717) is 0 Å². The maximum Gasteiger partial charge on any atom is 0.484 e. The molecule has 0 aliphatic rings. The lowest BCUT2D eigenvalue weighted by Gasteiger charge is -2.16. The van der Waals surface area contributed by atoms with Crippen molar-refractivity contribution < 1.29 is 34.8 Å². The summed E-state index contributed by atoms with van der Waals surface area (Å²) in [6, 6.07) is 15.7. The van der Waals surface area contributed by atoms with Crippen molar-refractivity contribution in [1.29, 1.82) is 0 Å². The van der Waals surface area contributed by atoms with E-state index in [4.69, 9.17) is 0 Å². The number of halogens is 6. The first kappa shape index (κ1) is 23.8. The van der Waals surface area contributed by atoms with Gasteiger partial charge in [0.1, 0.15) is 11.4 Å². The van der Waals surface area contributed by atoms with Crippen molar-refractivity contribution in [2.75, 3.05) is 0 Å². The van der Waals surface area contributed by atoms with Crippen LogP contribution in [-0.2, 0) is 19.5 Å². The minimum Gasteiger partial charge on any atom is -0.235 e. The molecule has 12 heteroatoms. The molecule has 2 unspecified atom stereocenters. The van der Waals surface area contributed by atoms with E-state index in [-0.39, 0.29) is 0 Å². The maximum absolute atomic E-state index is 13.8. The van der Waals surface area contributed by atoms with Gasteiger partial charge in [0.05, 0.1) is 9.79 Å². The van der Waals surface area contributed by atoms with Crippen LogP contribution in [0.1, 0.15) is 0 Å². The smallest absolute Gasteiger partial charge is 0.235 e. The molecule has 0 spiro atoms. The second kappa shape index (κ2) is 8.58. The monoisotopic (exact) mass is 492 g/mol. The maximum atomic E-state index is 13.8. The van der Waals surface area contributed by atoms with Crippen molar-refractivity contribution >= 4 is 30.8 Å². The van der Waals surface area contributed by atoms with E-state index in [1.807, 2.05) is 0 Å². The highest BCUT2D eigenvalue weighted by Gasteiger charge is 2.46. The Morgan fingerprint density at radius 1 is 0.500 bits per heavy atom. The van der Waals surface area contributed by atoms with Crippen LogP contribution in [0.5, 0.6) is 0 Å². The molecule has 0 saturated heterocycles. The number of hydrogen-bond acceptors (Lipinski definition) is 4. The third-order valence-electron chi connectivity index (χ3n) is 4.09. The van der Waals surface area contributed by atoms with Gasteiger partial charge in [0.25, 0.3) is 0 Å². The Balaban J connectivity index is 2.35. The van der Waals surface area contributed by atoms with E-state index >= 15 is 0 Å². The molecule has 0 amide bonds. The summed E-state index contributed by atoms with van der Waals surface area (Å²) in [6.45, 7) is 0. The molecule has 3 rings (SSSR count). The fourth-order valence-corrected chi connectivity index (χ4v) is 5.45. The number of benzene rings is 3. The summed E-state index contributed by atoms with van der Waals surface area (Å²) in [4.78, 5) is -1.36. The first-order valence-electron chi connectivity index (χ1n) is 8.74. The summed E-state index contributed by atoms with van der Waals surface area (Å²) >= 11 is 0. The normalized spacial score (nSPS) is 15.9. The highest BCUT2D eigenvalue weighted by Crippen LogP contribution is 2.41. The van der Waals surface area contributed by atoms with Crippen LogP contribution in [0.25, 0.3) is 0 Å². The minimum atomic E-state index is -5.34. The molecule has 0 aliphatic carbocycles. The molecule has 32 heavy (non-hydrogen) atoms. The van der Waals surface area contributed by atoms with Crippen LogP contribution >= 0.6 is 0 Å². The van der Waals surface area contributed by atoms with E-state index < -0.39 is 51.6 Å². The third kappa shape index (κ3) is 4.51. The average Bonchev–Trinajstić information content (AvgIpc) is 2.74. The van der Waals surface area contributed by atoms with E-state index in [1.165, 1.54) is 48.5 Å². The lowest BCUT2D eigenvalue weighted by molar-refractivity contribution is -0.0410. The number of rotatable bonds is 4. The van der Waals surface area contributed by atoms with Gasteiger partial charge in [0, 0.05) is 0 Å². The summed E-state index contributed by atoms with van der Waals surface area (Å²) in [6.07, 6.45) is 0. The summed E-state index contributed by atoms with van der Waals surface area (Å²) in [5, 5.41) is 0. The molecular formula is C20H14F6N2O2S2. The Morgan fingerprint density at radius 3 is 1.06 bits per heavy atom. The number of nitrogens with zero attached hydrogens (tertiary/aromatic N) is 2. The van der Waals surface area contributed by atoms with Crippen LogP contribution in [-0.4, -0.2) is 19.4 Å². The highest BCUT2D eigenvalue weighted by atomic mass is 32.2. The Labute approximate surface area is 180 Å². The van der Waals surface area contributed by atoms with Gasteiger partial charge in [0.15, 0.2) is 19.5 Å². The van der Waals surface area contributed by atoms with E-state index in [2.05, 4.69) is 8.73 Å². The Hall–Kier alpha value is -2.86. The van der Waals surface area contributed by atoms with Gasteiger partial charge in [-0.2, -0.15) is 35.1 Å². The zero-order valence-electron chi connectivity index (χ0n) is 15.9. The van der Waals surface area contributed by atoms with Crippen molar-refractivity contribution in [3.63, 3.8) is 0 Å². The molecular weight excluding hydrogens is 478 g/mol. The second-order valence-electron chi connectivity index (χ2n) is 6.24. The van der Waals surface area contributed by atoms with Crippen molar-refractivity contribution in [1.82, 2.24) is 0 Å². The fraction of sp³-hybridized carbons (Fsp3) is 0.100. The lowest BCUT2D eigenvalue weighted by Crippen LogP contribution is -2.23. The Kier molecular flexibility index (Phi) is 6.38. The van der Waals surface area contributed by atoms with Crippen molar-refractivity contribution in [3.05, 3.63) is 84.9 Å². The van der Waals surface area contributed by atoms with Gasteiger partial charge in [-0.25, -0.2) is 8.42 Å². The summed E-state index contributed by atoms with van der Waals surface area (Å²) < 4.78 is 115.